The topological polar surface area (TPSA) is 90.0 Å². The molecule has 4 rings (SSSR count). The Kier molecular flexibility index (Phi) is 6.25. The Hall–Kier alpha value is -3.23. The summed E-state index contributed by atoms with van der Waals surface area (Å²) in [6.07, 6.45) is 0. The van der Waals surface area contributed by atoms with Gasteiger partial charge in [-0.25, -0.2) is 0 Å². The first-order chi connectivity index (χ1) is 15.3. The number of carbonyl (C=O) groups is 1. The molecule has 0 fully saturated rings. The van der Waals surface area contributed by atoms with Gasteiger partial charge in [-0.2, -0.15) is 4.98 Å². The lowest BCUT2D eigenvalue weighted by atomic mass is 10.1. The van der Waals surface area contributed by atoms with Crippen molar-refractivity contribution in [3.05, 3.63) is 85.7 Å². The second kappa shape index (κ2) is 9.10. The van der Waals surface area contributed by atoms with Gasteiger partial charge in [0.1, 0.15) is 12.1 Å². The van der Waals surface area contributed by atoms with Crippen LogP contribution in [0.25, 0.3) is 22.8 Å². The first-order valence-electron chi connectivity index (χ1n) is 9.68. The van der Waals surface area contributed by atoms with Gasteiger partial charge < -0.3 is 14.4 Å². The predicted octanol–water partition coefficient (Wildman–Crippen LogP) is 5.24. The lowest BCUT2D eigenvalue weighted by molar-refractivity contribution is -0.116. The van der Waals surface area contributed by atoms with Crippen molar-refractivity contribution >= 4 is 39.1 Å². The SMILES string of the molecule is Cc1cc(C)n(CC(=O)Nc2cccc(Cl)c2)c(=O)c1-c1nc(-c2ccc(Br)cc2)no1. The maximum atomic E-state index is 13.3. The van der Waals surface area contributed by atoms with Crippen LogP contribution in [-0.2, 0) is 11.3 Å². The maximum Gasteiger partial charge on any atom is 0.264 e. The van der Waals surface area contributed by atoms with Crippen LogP contribution in [0.2, 0.25) is 5.02 Å². The van der Waals surface area contributed by atoms with Crippen LogP contribution in [0.5, 0.6) is 0 Å². The largest absolute Gasteiger partial charge is 0.333 e. The van der Waals surface area contributed by atoms with E-state index in [1.807, 2.05) is 30.3 Å². The number of halogens is 2. The predicted molar refractivity (Wildman–Crippen MR) is 127 cm³/mol. The number of amides is 1. The number of benzene rings is 2. The van der Waals surface area contributed by atoms with Crippen molar-refractivity contribution in [3.8, 4) is 22.8 Å². The monoisotopic (exact) mass is 512 g/mol. The molecule has 0 aliphatic rings. The summed E-state index contributed by atoms with van der Waals surface area (Å²) in [5.41, 5.74) is 2.53. The number of carbonyl (C=O) groups excluding carboxylic acids is 1. The van der Waals surface area contributed by atoms with E-state index in [-0.39, 0.29) is 29.5 Å². The van der Waals surface area contributed by atoms with E-state index >= 15 is 0 Å². The van der Waals surface area contributed by atoms with E-state index in [1.54, 1.807) is 38.1 Å². The number of aryl methyl sites for hydroxylation is 2. The lowest BCUT2D eigenvalue weighted by Crippen LogP contribution is -2.30. The minimum absolute atomic E-state index is 0.106. The molecule has 0 unspecified atom stereocenters. The number of aromatic nitrogens is 3. The molecule has 0 radical (unpaired) electrons. The van der Waals surface area contributed by atoms with Gasteiger partial charge in [0, 0.05) is 26.4 Å². The summed E-state index contributed by atoms with van der Waals surface area (Å²) in [6, 6.07) is 16.1. The Labute approximate surface area is 197 Å². The van der Waals surface area contributed by atoms with Crippen molar-refractivity contribution in [3.63, 3.8) is 0 Å². The summed E-state index contributed by atoms with van der Waals surface area (Å²) in [6.45, 7) is 3.40. The Morgan fingerprint density at radius 3 is 2.62 bits per heavy atom. The van der Waals surface area contributed by atoms with E-state index in [0.717, 1.165) is 10.0 Å². The van der Waals surface area contributed by atoms with Crippen molar-refractivity contribution < 1.29 is 9.32 Å². The van der Waals surface area contributed by atoms with E-state index < -0.39 is 0 Å². The minimum atomic E-state index is -0.380. The van der Waals surface area contributed by atoms with Gasteiger partial charge in [-0.15, -0.1) is 0 Å². The number of hydrogen-bond acceptors (Lipinski definition) is 5. The summed E-state index contributed by atoms with van der Waals surface area (Å²) in [5.74, 6) is 0.125. The molecule has 0 aliphatic carbocycles. The van der Waals surface area contributed by atoms with E-state index in [4.69, 9.17) is 16.1 Å². The lowest BCUT2D eigenvalue weighted by Gasteiger charge is -2.13. The minimum Gasteiger partial charge on any atom is -0.333 e. The molecule has 0 bridgehead atoms. The number of hydrogen-bond donors (Lipinski definition) is 1. The number of pyridine rings is 1. The summed E-state index contributed by atoms with van der Waals surface area (Å²) in [7, 11) is 0. The molecule has 32 heavy (non-hydrogen) atoms. The van der Waals surface area contributed by atoms with Crippen LogP contribution >= 0.6 is 27.5 Å². The normalized spacial score (nSPS) is 10.9. The molecule has 2 heterocycles. The van der Waals surface area contributed by atoms with Gasteiger partial charge in [0.25, 0.3) is 11.4 Å². The molecule has 2 aromatic carbocycles. The highest BCUT2D eigenvalue weighted by Crippen LogP contribution is 2.24. The average Bonchev–Trinajstić information content (AvgIpc) is 3.21. The average molecular weight is 514 g/mol. The standard InChI is InChI=1S/C23H18BrClN4O3/c1-13-10-14(2)29(12-19(30)26-18-5-3-4-17(25)11-18)23(31)20(13)22-27-21(28-32-22)15-6-8-16(24)9-7-15/h3-11H,12H2,1-2H3,(H,26,30). The van der Waals surface area contributed by atoms with Crippen LogP contribution in [-0.4, -0.2) is 20.6 Å². The summed E-state index contributed by atoms with van der Waals surface area (Å²) in [5, 5.41) is 7.27. The second-order valence-corrected chi connectivity index (χ2v) is 8.58. The molecule has 0 aliphatic heterocycles. The second-order valence-electron chi connectivity index (χ2n) is 7.22. The number of nitrogens with zero attached hydrogens (tertiary/aromatic N) is 3. The summed E-state index contributed by atoms with van der Waals surface area (Å²) < 4.78 is 7.71. The Balaban J connectivity index is 1.65. The highest BCUT2D eigenvalue weighted by molar-refractivity contribution is 9.10. The molecule has 0 atom stereocenters. The highest BCUT2D eigenvalue weighted by atomic mass is 79.9. The molecule has 1 N–H and O–H groups in total. The maximum absolute atomic E-state index is 13.3. The Bertz CT molecular complexity index is 1360. The van der Waals surface area contributed by atoms with Gasteiger partial charge in [-0.05, 0) is 67.9 Å². The molecule has 7 nitrogen and oxygen atoms in total. The third-order valence-electron chi connectivity index (χ3n) is 4.86. The fraction of sp³-hybridized carbons (Fsp3) is 0.130. The Morgan fingerprint density at radius 2 is 1.91 bits per heavy atom. The first kappa shape index (κ1) is 22.0. The number of nitrogens with one attached hydrogen (secondary N) is 1. The van der Waals surface area contributed by atoms with Crippen LogP contribution in [0.15, 0.2) is 68.4 Å². The van der Waals surface area contributed by atoms with Gasteiger partial charge in [0.05, 0.1) is 0 Å². The smallest absolute Gasteiger partial charge is 0.264 e. The summed E-state index contributed by atoms with van der Waals surface area (Å²) >= 11 is 9.36. The molecule has 4 aromatic rings. The van der Waals surface area contributed by atoms with Gasteiger partial charge in [-0.1, -0.05) is 38.8 Å². The van der Waals surface area contributed by atoms with Crippen molar-refractivity contribution in [2.24, 2.45) is 0 Å². The van der Waals surface area contributed by atoms with Gasteiger partial charge in [-0.3, -0.25) is 9.59 Å². The number of rotatable bonds is 5. The van der Waals surface area contributed by atoms with E-state index in [2.05, 4.69) is 31.4 Å². The van der Waals surface area contributed by atoms with Crippen molar-refractivity contribution in [1.82, 2.24) is 14.7 Å². The molecular formula is C23H18BrClN4O3. The highest BCUT2D eigenvalue weighted by Gasteiger charge is 2.20. The molecular weight excluding hydrogens is 496 g/mol. The van der Waals surface area contributed by atoms with E-state index in [9.17, 15) is 9.59 Å². The molecule has 2 aromatic heterocycles. The third-order valence-corrected chi connectivity index (χ3v) is 5.62. The molecule has 0 spiro atoms. The third kappa shape index (κ3) is 4.66. The van der Waals surface area contributed by atoms with Crippen LogP contribution in [0.4, 0.5) is 5.69 Å². The summed E-state index contributed by atoms with van der Waals surface area (Å²) in [4.78, 5) is 30.3. The quantitative estimate of drug-likeness (QED) is 0.394. The van der Waals surface area contributed by atoms with E-state index in [0.29, 0.717) is 27.8 Å². The van der Waals surface area contributed by atoms with Crippen molar-refractivity contribution in [1.29, 1.82) is 0 Å². The first-order valence-corrected chi connectivity index (χ1v) is 10.9. The number of anilines is 1. The van der Waals surface area contributed by atoms with Gasteiger partial charge in [0.2, 0.25) is 11.7 Å². The molecule has 0 saturated heterocycles. The van der Waals surface area contributed by atoms with Crippen LogP contribution in [0.3, 0.4) is 0 Å². The fourth-order valence-electron chi connectivity index (χ4n) is 3.34. The molecule has 9 heteroatoms. The molecule has 1 amide bonds. The van der Waals surface area contributed by atoms with Crippen molar-refractivity contribution in [2.45, 2.75) is 20.4 Å². The zero-order chi connectivity index (χ0) is 22.8. The van der Waals surface area contributed by atoms with Crippen LogP contribution in [0, 0.1) is 13.8 Å². The van der Waals surface area contributed by atoms with Crippen LogP contribution in [0.1, 0.15) is 11.3 Å². The van der Waals surface area contributed by atoms with Gasteiger partial charge in [0.15, 0.2) is 0 Å². The fourth-order valence-corrected chi connectivity index (χ4v) is 3.79. The van der Waals surface area contributed by atoms with E-state index in [1.165, 1.54) is 4.57 Å². The van der Waals surface area contributed by atoms with Crippen molar-refractivity contribution in [2.75, 3.05) is 5.32 Å². The Morgan fingerprint density at radius 1 is 1.16 bits per heavy atom. The molecule has 0 saturated carbocycles. The van der Waals surface area contributed by atoms with Gasteiger partial charge >= 0.3 is 0 Å². The van der Waals surface area contributed by atoms with Crippen LogP contribution < -0.4 is 10.9 Å². The molecule has 162 valence electrons. The zero-order valence-electron chi connectivity index (χ0n) is 17.2. The zero-order valence-corrected chi connectivity index (χ0v) is 19.6.